The lowest BCUT2D eigenvalue weighted by molar-refractivity contribution is 0.404. The van der Waals surface area contributed by atoms with E-state index in [4.69, 9.17) is 27.8 Å². The topological polar surface area (TPSA) is 61.3 Å². The fourth-order valence-corrected chi connectivity index (χ4v) is 1.29. The highest BCUT2D eigenvalue weighted by molar-refractivity contribution is 6.30. The standard InChI is InChI=1S/C9H12ClFN2O/c1-14-9-3-6(10)7(11)2-5(9)8(13)4-12/h2-3,8H,4,12-13H2,1H3. The van der Waals surface area contributed by atoms with Gasteiger partial charge in [0, 0.05) is 24.2 Å². The van der Waals surface area contributed by atoms with Crippen LogP contribution < -0.4 is 16.2 Å². The van der Waals surface area contributed by atoms with E-state index >= 15 is 0 Å². The fraction of sp³-hybridized carbons (Fsp3) is 0.333. The van der Waals surface area contributed by atoms with Crippen LogP contribution in [0.4, 0.5) is 4.39 Å². The van der Waals surface area contributed by atoms with Crippen LogP contribution in [0.15, 0.2) is 12.1 Å². The first-order valence-electron chi connectivity index (χ1n) is 4.08. The van der Waals surface area contributed by atoms with Gasteiger partial charge in [0.2, 0.25) is 0 Å². The number of benzene rings is 1. The van der Waals surface area contributed by atoms with Crippen molar-refractivity contribution in [2.24, 2.45) is 11.5 Å². The van der Waals surface area contributed by atoms with E-state index in [0.29, 0.717) is 11.3 Å². The first-order chi connectivity index (χ1) is 6.60. The van der Waals surface area contributed by atoms with Crippen molar-refractivity contribution >= 4 is 11.6 Å². The SMILES string of the molecule is COc1cc(Cl)c(F)cc1C(N)CN. The molecule has 0 fully saturated rings. The smallest absolute Gasteiger partial charge is 0.142 e. The van der Waals surface area contributed by atoms with Crippen molar-refractivity contribution < 1.29 is 9.13 Å². The van der Waals surface area contributed by atoms with Crippen molar-refractivity contribution in [1.29, 1.82) is 0 Å². The molecule has 0 radical (unpaired) electrons. The lowest BCUT2D eigenvalue weighted by Crippen LogP contribution is -2.21. The van der Waals surface area contributed by atoms with E-state index in [1.54, 1.807) is 0 Å². The lowest BCUT2D eigenvalue weighted by Gasteiger charge is -2.14. The van der Waals surface area contributed by atoms with Crippen molar-refractivity contribution in [1.82, 2.24) is 0 Å². The summed E-state index contributed by atoms with van der Waals surface area (Å²) in [5.41, 5.74) is 11.6. The largest absolute Gasteiger partial charge is 0.496 e. The molecule has 0 saturated heterocycles. The van der Waals surface area contributed by atoms with Gasteiger partial charge in [-0.3, -0.25) is 0 Å². The predicted molar refractivity (Wildman–Crippen MR) is 53.9 cm³/mol. The summed E-state index contributed by atoms with van der Waals surface area (Å²) in [7, 11) is 1.47. The Labute approximate surface area is 86.8 Å². The third kappa shape index (κ3) is 2.15. The molecular formula is C9H12ClFN2O. The Morgan fingerprint density at radius 1 is 1.57 bits per heavy atom. The zero-order valence-corrected chi connectivity index (χ0v) is 8.51. The van der Waals surface area contributed by atoms with E-state index in [1.165, 1.54) is 19.2 Å². The Balaban J connectivity index is 3.19. The van der Waals surface area contributed by atoms with Gasteiger partial charge in [0.1, 0.15) is 11.6 Å². The highest BCUT2D eigenvalue weighted by Gasteiger charge is 2.14. The van der Waals surface area contributed by atoms with E-state index in [9.17, 15) is 4.39 Å². The fourth-order valence-electron chi connectivity index (χ4n) is 1.14. The Bertz CT molecular complexity index is 333. The molecule has 0 saturated carbocycles. The molecule has 78 valence electrons. The number of rotatable bonds is 3. The molecule has 1 aromatic carbocycles. The molecule has 0 aliphatic heterocycles. The van der Waals surface area contributed by atoms with Crippen molar-refractivity contribution in [3.63, 3.8) is 0 Å². The Morgan fingerprint density at radius 2 is 2.21 bits per heavy atom. The van der Waals surface area contributed by atoms with Gasteiger partial charge >= 0.3 is 0 Å². The zero-order chi connectivity index (χ0) is 10.7. The molecule has 14 heavy (non-hydrogen) atoms. The number of halogens is 2. The molecular weight excluding hydrogens is 207 g/mol. The monoisotopic (exact) mass is 218 g/mol. The van der Waals surface area contributed by atoms with Gasteiger partial charge < -0.3 is 16.2 Å². The van der Waals surface area contributed by atoms with Crippen LogP contribution in [0.2, 0.25) is 5.02 Å². The first-order valence-corrected chi connectivity index (χ1v) is 4.46. The predicted octanol–water partition coefficient (Wildman–Crippen LogP) is 1.45. The minimum Gasteiger partial charge on any atom is -0.496 e. The van der Waals surface area contributed by atoms with Crippen LogP contribution >= 0.6 is 11.6 Å². The maximum atomic E-state index is 13.1. The molecule has 0 amide bonds. The average Bonchev–Trinajstić information content (AvgIpc) is 2.20. The Kier molecular flexibility index (Phi) is 3.69. The molecule has 3 nitrogen and oxygen atoms in total. The number of ether oxygens (including phenoxy) is 1. The van der Waals surface area contributed by atoms with Crippen molar-refractivity contribution in [2.45, 2.75) is 6.04 Å². The lowest BCUT2D eigenvalue weighted by atomic mass is 10.1. The number of hydrogen-bond donors (Lipinski definition) is 2. The quantitative estimate of drug-likeness (QED) is 0.807. The van der Waals surface area contributed by atoms with Crippen molar-refractivity contribution in [3.8, 4) is 5.75 Å². The second-order valence-corrected chi connectivity index (χ2v) is 3.26. The van der Waals surface area contributed by atoms with Gasteiger partial charge in [0.25, 0.3) is 0 Å². The molecule has 1 rings (SSSR count). The Hall–Kier alpha value is -0.840. The summed E-state index contributed by atoms with van der Waals surface area (Å²) in [6.45, 7) is 0.220. The van der Waals surface area contributed by atoms with Crippen LogP contribution in [0.25, 0.3) is 0 Å². The highest BCUT2D eigenvalue weighted by atomic mass is 35.5. The molecule has 0 aliphatic carbocycles. The molecule has 0 aromatic heterocycles. The number of nitrogens with two attached hydrogens (primary N) is 2. The van der Waals surface area contributed by atoms with Crippen molar-refractivity contribution in [2.75, 3.05) is 13.7 Å². The van der Waals surface area contributed by atoms with Gasteiger partial charge in [0.05, 0.1) is 12.1 Å². The van der Waals surface area contributed by atoms with Crippen LogP contribution in [-0.2, 0) is 0 Å². The molecule has 0 aliphatic rings. The van der Waals surface area contributed by atoms with Gasteiger partial charge in [-0.2, -0.15) is 0 Å². The zero-order valence-electron chi connectivity index (χ0n) is 7.76. The summed E-state index contributed by atoms with van der Waals surface area (Å²) >= 11 is 5.59. The van der Waals surface area contributed by atoms with Gasteiger partial charge in [-0.25, -0.2) is 4.39 Å². The molecule has 1 unspecified atom stereocenters. The van der Waals surface area contributed by atoms with Crippen LogP contribution in [0.3, 0.4) is 0 Å². The minimum absolute atomic E-state index is 0.00909. The molecule has 0 bridgehead atoms. The molecule has 4 N–H and O–H groups in total. The van der Waals surface area contributed by atoms with Crippen LogP contribution in [0.1, 0.15) is 11.6 Å². The van der Waals surface area contributed by atoms with Gasteiger partial charge in [-0.1, -0.05) is 11.6 Å². The van der Waals surface area contributed by atoms with E-state index < -0.39 is 11.9 Å². The van der Waals surface area contributed by atoms with Crippen LogP contribution in [0, 0.1) is 5.82 Å². The maximum absolute atomic E-state index is 13.1. The van der Waals surface area contributed by atoms with Gasteiger partial charge in [-0.15, -0.1) is 0 Å². The van der Waals surface area contributed by atoms with Gasteiger partial charge in [0.15, 0.2) is 0 Å². The number of hydrogen-bond acceptors (Lipinski definition) is 3. The molecule has 0 heterocycles. The van der Waals surface area contributed by atoms with Crippen LogP contribution in [-0.4, -0.2) is 13.7 Å². The molecule has 1 aromatic rings. The van der Waals surface area contributed by atoms with Crippen LogP contribution in [0.5, 0.6) is 5.75 Å². The van der Waals surface area contributed by atoms with Gasteiger partial charge in [-0.05, 0) is 6.07 Å². The summed E-state index contributed by atoms with van der Waals surface area (Å²) in [5, 5.41) is 0.00909. The van der Waals surface area contributed by atoms with E-state index in [2.05, 4.69) is 0 Å². The summed E-state index contributed by atoms with van der Waals surface area (Å²) in [6.07, 6.45) is 0. The van der Waals surface area contributed by atoms with E-state index in [-0.39, 0.29) is 11.6 Å². The Morgan fingerprint density at radius 3 is 2.71 bits per heavy atom. The maximum Gasteiger partial charge on any atom is 0.142 e. The average molecular weight is 219 g/mol. The summed E-state index contributed by atoms with van der Waals surface area (Å²) in [6, 6.07) is 2.19. The first kappa shape index (κ1) is 11.2. The summed E-state index contributed by atoms with van der Waals surface area (Å²) < 4.78 is 18.1. The minimum atomic E-state index is -0.522. The molecule has 0 spiro atoms. The normalized spacial score (nSPS) is 12.6. The summed E-state index contributed by atoms with van der Waals surface area (Å²) in [4.78, 5) is 0. The second-order valence-electron chi connectivity index (χ2n) is 2.85. The van der Waals surface area contributed by atoms with Crippen molar-refractivity contribution in [3.05, 3.63) is 28.5 Å². The summed E-state index contributed by atoms with van der Waals surface area (Å²) in [5.74, 6) is -0.0688. The molecule has 5 heteroatoms. The highest BCUT2D eigenvalue weighted by Crippen LogP contribution is 2.29. The van der Waals surface area contributed by atoms with E-state index in [0.717, 1.165) is 0 Å². The molecule has 1 atom stereocenters. The van der Waals surface area contributed by atoms with E-state index in [1.807, 2.05) is 0 Å². The number of methoxy groups -OCH3 is 1. The third-order valence-corrected chi connectivity index (χ3v) is 2.22. The second kappa shape index (κ2) is 4.59. The third-order valence-electron chi connectivity index (χ3n) is 1.93.